The predicted molar refractivity (Wildman–Crippen MR) is 48.7 cm³/mol. The van der Waals surface area contributed by atoms with Crippen LogP contribution in [0.25, 0.3) is 0 Å². The molecule has 0 aliphatic rings. The molecule has 1 rings (SSSR count). The molecule has 1 aromatic rings. The lowest BCUT2D eigenvalue weighted by Gasteiger charge is -2.13. The van der Waals surface area contributed by atoms with Gasteiger partial charge in [0.05, 0.1) is 5.69 Å². The van der Waals surface area contributed by atoms with E-state index in [1.807, 2.05) is 0 Å². The number of aliphatic hydroxyl groups is 1. The largest absolute Gasteiger partial charge is 0.414 e. The van der Waals surface area contributed by atoms with E-state index in [2.05, 4.69) is 5.10 Å². The van der Waals surface area contributed by atoms with Crippen molar-refractivity contribution in [3.8, 4) is 0 Å². The van der Waals surface area contributed by atoms with Crippen LogP contribution in [0.5, 0.6) is 0 Å². The van der Waals surface area contributed by atoms with Gasteiger partial charge in [-0.05, 0) is 6.92 Å². The number of aliphatic hydroxyl groups excluding tert-OH is 1. The highest BCUT2D eigenvalue weighted by Gasteiger charge is 2.39. The first kappa shape index (κ1) is 12.3. The summed E-state index contributed by atoms with van der Waals surface area (Å²) in [5.74, 6) is 0. The fourth-order valence-electron chi connectivity index (χ4n) is 1.21. The van der Waals surface area contributed by atoms with E-state index in [-0.39, 0.29) is 10.7 Å². The van der Waals surface area contributed by atoms with Gasteiger partial charge in [-0.15, -0.1) is 0 Å². The van der Waals surface area contributed by atoms with Crippen molar-refractivity contribution >= 4 is 11.6 Å². The van der Waals surface area contributed by atoms with Gasteiger partial charge in [-0.25, -0.2) is 0 Å². The molecule has 0 amide bonds. The average Bonchev–Trinajstić information content (AvgIpc) is 2.30. The van der Waals surface area contributed by atoms with Crippen LogP contribution >= 0.6 is 11.6 Å². The minimum Gasteiger partial charge on any atom is -0.383 e. The third-order valence-electron chi connectivity index (χ3n) is 2.05. The van der Waals surface area contributed by atoms with Crippen molar-refractivity contribution < 1.29 is 18.3 Å². The fourth-order valence-corrected chi connectivity index (χ4v) is 1.47. The van der Waals surface area contributed by atoms with Crippen LogP contribution in [-0.4, -0.2) is 27.2 Å². The number of halogens is 4. The molecule has 15 heavy (non-hydrogen) atoms. The molecule has 7 heteroatoms. The minimum absolute atomic E-state index is 0.121. The van der Waals surface area contributed by atoms with Crippen LogP contribution < -0.4 is 0 Å². The van der Waals surface area contributed by atoms with Gasteiger partial charge in [0.1, 0.15) is 5.15 Å². The number of nitrogens with zero attached hydrogens (tertiary/aromatic N) is 2. The number of rotatable bonds is 2. The van der Waals surface area contributed by atoms with Crippen LogP contribution in [0.1, 0.15) is 11.3 Å². The van der Waals surface area contributed by atoms with E-state index in [0.29, 0.717) is 5.69 Å². The summed E-state index contributed by atoms with van der Waals surface area (Å²) in [6, 6.07) is 0. The van der Waals surface area contributed by atoms with Crippen LogP contribution in [0.15, 0.2) is 0 Å². The van der Waals surface area contributed by atoms with Gasteiger partial charge in [-0.1, -0.05) is 11.6 Å². The summed E-state index contributed by atoms with van der Waals surface area (Å²) < 4.78 is 37.5. The highest BCUT2D eigenvalue weighted by Crippen LogP contribution is 2.27. The molecule has 0 bridgehead atoms. The topological polar surface area (TPSA) is 38.0 Å². The van der Waals surface area contributed by atoms with Crippen molar-refractivity contribution in [1.82, 2.24) is 9.78 Å². The maximum absolute atomic E-state index is 12.1. The second-order valence-corrected chi connectivity index (χ2v) is 3.60. The molecule has 0 fully saturated rings. The number of aryl methyl sites for hydroxylation is 2. The maximum Gasteiger partial charge on any atom is 0.414 e. The van der Waals surface area contributed by atoms with Crippen molar-refractivity contribution in [3.05, 3.63) is 16.4 Å². The molecule has 86 valence electrons. The smallest absolute Gasteiger partial charge is 0.383 e. The van der Waals surface area contributed by atoms with Crippen LogP contribution in [0.4, 0.5) is 13.2 Å². The van der Waals surface area contributed by atoms with Gasteiger partial charge in [0.2, 0.25) is 0 Å². The molecule has 1 aromatic heterocycles. The SMILES string of the molecule is Cc1nn(C)c(Cl)c1C[C@H](O)C(F)(F)F. The molecule has 0 saturated heterocycles. The molecule has 0 unspecified atom stereocenters. The summed E-state index contributed by atoms with van der Waals surface area (Å²) in [4.78, 5) is 0. The second kappa shape index (κ2) is 4.02. The van der Waals surface area contributed by atoms with Gasteiger partial charge < -0.3 is 5.11 Å². The van der Waals surface area contributed by atoms with E-state index < -0.39 is 18.7 Å². The third kappa shape index (κ3) is 2.63. The third-order valence-corrected chi connectivity index (χ3v) is 2.52. The van der Waals surface area contributed by atoms with Gasteiger partial charge in [0.25, 0.3) is 0 Å². The van der Waals surface area contributed by atoms with Crippen molar-refractivity contribution in [2.24, 2.45) is 7.05 Å². The van der Waals surface area contributed by atoms with Gasteiger partial charge in [-0.2, -0.15) is 18.3 Å². The zero-order chi connectivity index (χ0) is 11.8. The van der Waals surface area contributed by atoms with Crippen molar-refractivity contribution in [2.45, 2.75) is 25.6 Å². The first-order valence-corrected chi connectivity index (χ1v) is 4.54. The van der Waals surface area contributed by atoms with Crippen LogP contribution in [0.2, 0.25) is 5.15 Å². The van der Waals surface area contributed by atoms with Crippen LogP contribution in [0.3, 0.4) is 0 Å². The molecule has 0 radical (unpaired) electrons. The lowest BCUT2D eigenvalue weighted by Crippen LogP contribution is -2.30. The Bertz CT molecular complexity index is 362. The highest BCUT2D eigenvalue weighted by atomic mass is 35.5. The lowest BCUT2D eigenvalue weighted by atomic mass is 10.1. The zero-order valence-electron chi connectivity index (χ0n) is 8.14. The Morgan fingerprint density at radius 2 is 2.07 bits per heavy atom. The Hall–Kier alpha value is -0.750. The minimum atomic E-state index is -4.63. The van der Waals surface area contributed by atoms with Crippen molar-refractivity contribution in [3.63, 3.8) is 0 Å². The maximum atomic E-state index is 12.1. The summed E-state index contributed by atoms with van der Waals surface area (Å²) in [6.45, 7) is 1.55. The molecule has 0 aliphatic carbocycles. The van der Waals surface area contributed by atoms with Crippen LogP contribution in [0, 0.1) is 6.92 Å². The van der Waals surface area contributed by atoms with E-state index in [1.165, 1.54) is 11.7 Å². The fraction of sp³-hybridized carbons (Fsp3) is 0.625. The van der Waals surface area contributed by atoms with Gasteiger partial charge in [0.15, 0.2) is 6.10 Å². The molecular formula is C8H10ClF3N2O. The zero-order valence-corrected chi connectivity index (χ0v) is 8.89. The summed E-state index contributed by atoms with van der Waals surface area (Å²) in [5.41, 5.74) is 0.620. The number of alkyl halides is 3. The molecule has 1 heterocycles. The van der Waals surface area contributed by atoms with Crippen LogP contribution in [-0.2, 0) is 13.5 Å². The molecule has 0 spiro atoms. The van der Waals surface area contributed by atoms with Gasteiger partial charge >= 0.3 is 6.18 Å². The molecule has 0 aliphatic heterocycles. The Morgan fingerprint density at radius 3 is 2.40 bits per heavy atom. The quantitative estimate of drug-likeness (QED) is 0.860. The monoisotopic (exact) mass is 242 g/mol. The second-order valence-electron chi connectivity index (χ2n) is 3.24. The standard InChI is InChI=1S/C8H10ClF3N2O/c1-4-5(7(9)14(2)13-4)3-6(15)8(10,11)12/h6,15H,3H2,1-2H3/t6-/m0/s1. The Labute approximate surface area is 89.5 Å². The van der Waals surface area contributed by atoms with E-state index >= 15 is 0 Å². The molecule has 0 aromatic carbocycles. The summed E-state index contributed by atoms with van der Waals surface area (Å²) in [7, 11) is 1.53. The van der Waals surface area contributed by atoms with Crippen molar-refractivity contribution in [1.29, 1.82) is 0 Å². The Balaban J connectivity index is 2.90. The van der Waals surface area contributed by atoms with E-state index in [4.69, 9.17) is 16.7 Å². The summed E-state index contributed by atoms with van der Waals surface area (Å²) in [5, 5.41) is 12.8. The van der Waals surface area contributed by atoms with Crippen molar-refractivity contribution in [2.75, 3.05) is 0 Å². The first-order chi connectivity index (χ1) is 6.73. The normalized spacial score (nSPS) is 14.3. The summed E-state index contributed by atoms with van der Waals surface area (Å²) in [6.07, 6.45) is -7.61. The molecule has 0 saturated carbocycles. The van der Waals surface area contributed by atoms with E-state index in [9.17, 15) is 13.2 Å². The molecular weight excluding hydrogens is 233 g/mol. The molecule has 1 atom stereocenters. The Morgan fingerprint density at radius 1 is 1.53 bits per heavy atom. The predicted octanol–water partition coefficient (Wildman–Crippen LogP) is 1.85. The van der Waals surface area contributed by atoms with E-state index in [1.54, 1.807) is 6.92 Å². The van der Waals surface area contributed by atoms with Gasteiger partial charge in [0, 0.05) is 19.0 Å². The number of hydrogen-bond donors (Lipinski definition) is 1. The average molecular weight is 243 g/mol. The lowest BCUT2D eigenvalue weighted by molar-refractivity contribution is -0.203. The highest BCUT2D eigenvalue weighted by molar-refractivity contribution is 6.30. The molecule has 1 N–H and O–H groups in total. The van der Waals surface area contributed by atoms with E-state index in [0.717, 1.165) is 0 Å². The summed E-state index contributed by atoms with van der Waals surface area (Å²) >= 11 is 5.73. The Kier molecular flexibility index (Phi) is 3.30. The number of aromatic nitrogens is 2. The number of hydrogen-bond acceptors (Lipinski definition) is 2. The van der Waals surface area contributed by atoms with Gasteiger partial charge in [-0.3, -0.25) is 4.68 Å². The molecule has 3 nitrogen and oxygen atoms in total. The first-order valence-electron chi connectivity index (χ1n) is 4.16.